The zero-order valence-electron chi connectivity index (χ0n) is 51.9. The Balaban J connectivity index is 3.96. The van der Waals surface area contributed by atoms with Gasteiger partial charge < -0.3 is 33.3 Å². The number of ether oxygens (including phenoxy) is 4. The Kier molecular flexibility index (Phi) is 58.1. The minimum atomic E-state index is -1.62. The number of esters is 2. The summed E-state index contributed by atoms with van der Waals surface area (Å²) in [5.41, 5.74) is 0. The summed E-state index contributed by atoms with van der Waals surface area (Å²) in [7, 11) is 5.93. The zero-order chi connectivity index (χ0) is 56.2. The molecule has 2 unspecified atom stereocenters. The molecule has 77 heavy (non-hydrogen) atoms. The number of rotatable bonds is 63. The molecule has 0 fully saturated rings. The fraction of sp³-hybridized carbons (Fsp3) is 0.897. The van der Waals surface area contributed by atoms with Gasteiger partial charge in [-0.25, -0.2) is 0 Å². The predicted octanol–water partition coefficient (Wildman–Crippen LogP) is 18.9. The van der Waals surface area contributed by atoms with E-state index in [0.717, 1.165) is 57.8 Å². The number of unbranched alkanes of at least 4 members (excludes halogenated alkanes) is 44. The average molecular weight is 1090 g/mol. The molecule has 0 heterocycles. The molecule has 0 N–H and O–H groups in total. The second-order valence-corrected chi connectivity index (χ2v) is 24.1. The van der Waals surface area contributed by atoms with Gasteiger partial charge in [-0.2, -0.15) is 0 Å². The first-order chi connectivity index (χ1) is 37.6. The van der Waals surface area contributed by atoms with Crippen LogP contribution in [0, 0.1) is 0 Å². The second-order valence-electron chi connectivity index (χ2n) is 24.1. The average Bonchev–Trinajstić information content (AvgIpc) is 3.40. The van der Waals surface area contributed by atoms with Gasteiger partial charge >= 0.3 is 11.9 Å². The molecule has 0 aromatic rings. The highest BCUT2D eigenvalue weighted by molar-refractivity contribution is 5.70. The Labute approximate surface area is 478 Å². The van der Waals surface area contributed by atoms with Gasteiger partial charge in [0.05, 0.1) is 40.3 Å². The molecule has 0 amide bonds. The zero-order valence-corrected chi connectivity index (χ0v) is 51.9. The van der Waals surface area contributed by atoms with Crippen molar-refractivity contribution in [3.05, 3.63) is 24.3 Å². The van der Waals surface area contributed by atoms with Crippen LogP contribution >= 0.6 is 0 Å². The van der Waals surface area contributed by atoms with Crippen LogP contribution in [-0.4, -0.2) is 82.3 Å². The van der Waals surface area contributed by atoms with Crippen LogP contribution in [-0.2, 0) is 33.3 Å². The maximum absolute atomic E-state index is 12.8. The number of hydrogen-bond donors (Lipinski definition) is 0. The summed E-state index contributed by atoms with van der Waals surface area (Å²) < 4.78 is 22.7. The van der Waals surface area contributed by atoms with E-state index in [9.17, 15) is 19.5 Å². The molecule has 0 aliphatic heterocycles. The quantitative estimate of drug-likeness (QED) is 0.0195. The minimum Gasteiger partial charge on any atom is -0.545 e. The van der Waals surface area contributed by atoms with Crippen molar-refractivity contribution < 1.29 is 42.9 Å². The highest BCUT2D eigenvalue weighted by Crippen LogP contribution is 2.19. The lowest BCUT2D eigenvalue weighted by molar-refractivity contribution is -0.870. The molecule has 0 radical (unpaired) electrons. The fourth-order valence-corrected chi connectivity index (χ4v) is 10.0. The van der Waals surface area contributed by atoms with Crippen LogP contribution < -0.4 is 5.11 Å². The van der Waals surface area contributed by atoms with Gasteiger partial charge in [0.2, 0.25) is 0 Å². The topological polar surface area (TPSA) is 111 Å². The number of likely N-dealkylation sites (N-methyl/N-ethyl adjacent to an activating group) is 1. The van der Waals surface area contributed by atoms with Crippen molar-refractivity contribution in [3.63, 3.8) is 0 Å². The molecule has 0 bridgehead atoms. The maximum atomic E-state index is 12.8. The Morgan fingerprint density at radius 1 is 0.390 bits per heavy atom. The fourth-order valence-electron chi connectivity index (χ4n) is 10.0. The van der Waals surface area contributed by atoms with Crippen LogP contribution in [0.15, 0.2) is 24.3 Å². The third kappa shape index (κ3) is 61.2. The third-order valence-electron chi connectivity index (χ3n) is 15.2. The highest BCUT2D eigenvalue weighted by atomic mass is 16.7. The van der Waals surface area contributed by atoms with E-state index in [0.29, 0.717) is 23.9 Å². The van der Waals surface area contributed by atoms with E-state index in [-0.39, 0.29) is 32.2 Å². The van der Waals surface area contributed by atoms with Crippen molar-refractivity contribution in [2.75, 3.05) is 47.5 Å². The van der Waals surface area contributed by atoms with Crippen molar-refractivity contribution in [2.24, 2.45) is 0 Å². The number of nitrogens with zero attached hydrogens (tertiary/aromatic N) is 1. The molecule has 2 atom stereocenters. The first kappa shape index (κ1) is 74.8. The summed E-state index contributed by atoms with van der Waals surface area (Å²) in [6, 6.07) is 0. The van der Waals surface area contributed by atoms with E-state index < -0.39 is 24.3 Å². The number of aliphatic carboxylic acids is 1. The molecular formula is C68H129NO8. The van der Waals surface area contributed by atoms with E-state index in [1.165, 1.54) is 244 Å². The monoisotopic (exact) mass is 1090 g/mol. The van der Waals surface area contributed by atoms with Gasteiger partial charge in [-0.15, -0.1) is 0 Å². The largest absolute Gasteiger partial charge is 0.545 e. The van der Waals surface area contributed by atoms with Crippen molar-refractivity contribution in [1.29, 1.82) is 0 Å². The number of hydrogen-bond acceptors (Lipinski definition) is 8. The van der Waals surface area contributed by atoms with E-state index in [2.05, 4.69) is 38.2 Å². The first-order valence-corrected chi connectivity index (χ1v) is 33.5. The number of carboxylic acids is 1. The van der Waals surface area contributed by atoms with Crippen LogP contribution in [0.3, 0.4) is 0 Å². The molecular weight excluding hydrogens is 959 g/mol. The molecule has 0 aliphatic carbocycles. The Morgan fingerprint density at radius 3 is 1.04 bits per heavy atom. The lowest BCUT2D eigenvalue weighted by atomic mass is 10.0. The summed E-state index contributed by atoms with van der Waals surface area (Å²) in [5.74, 6) is -2.28. The van der Waals surface area contributed by atoms with Gasteiger partial charge in [0.1, 0.15) is 13.2 Å². The van der Waals surface area contributed by atoms with Gasteiger partial charge in [-0.3, -0.25) is 9.59 Å². The van der Waals surface area contributed by atoms with Crippen molar-refractivity contribution >= 4 is 17.9 Å². The summed E-state index contributed by atoms with van der Waals surface area (Å²) in [4.78, 5) is 37.3. The number of quaternary nitrogens is 1. The predicted molar refractivity (Wildman–Crippen MR) is 325 cm³/mol. The maximum Gasteiger partial charge on any atom is 0.306 e. The first-order valence-electron chi connectivity index (χ1n) is 33.5. The molecule has 0 saturated carbocycles. The van der Waals surface area contributed by atoms with Crippen LogP contribution in [0.2, 0.25) is 0 Å². The smallest absolute Gasteiger partial charge is 0.306 e. The number of carboxylic acid groups (broad SMARTS) is 1. The molecule has 0 saturated heterocycles. The molecule has 9 nitrogen and oxygen atoms in total. The van der Waals surface area contributed by atoms with Crippen LogP contribution in [0.25, 0.3) is 0 Å². The molecule has 454 valence electrons. The lowest BCUT2D eigenvalue weighted by Gasteiger charge is -2.26. The Morgan fingerprint density at radius 2 is 0.701 bits per heavy atom. The van der Waals surface area contributed by atoms with Gasteiger partial charge in [-0.05, 0) is 44.9 Å². The normalized spacial score (nSPS) is 12.8. The van der Waals surface area contributed by atoms with Gasteiger partial charge in [0.15, 0.2) is 12.4 Å². The third-order valence-corrected chi connectivity index (χ3v) is 15.2. The minimum absolute atomic E-state index is 0.147. The van der Waals surface area contributed by atoms with E-state index in [4.69, 9.17) is 18.9 Å². The van der Waals surface area contributed by atoms with E-state index in [1.807, 2.05) is 21.1 Å². The van der Waals surface area contributed by atoms with Crippen molar-refractivity contribution in [2.45, 2.75) is 347 Å². The molecule has 0 spiro atoms. The molecule has 0 aromatic carbocycles. The molecule has 9 heteroatoms. The van der Waals surface area contributed by atoms with Crippen molar-refractivity contribution in [1.82, 2.24) is 0 Å². The molecule has 0 aliphatic rings. The van der Waals surface area contributed by atoms with Gasteiger partial charge in [0, 0.05) is 12.8 Å². The van der Waals surface area contributed by atoms with Crippen molar-refractivity contribution in [3.8, 4) is 0 Å². The van der Waals surface area contributed by atoms with E-state index >= 15 is 0 Å². The van der Waals surface area contributed by atoms with Gasteiger partial charge in [0.25, 0.3) is 0 Å². The van der Waals surface area contributed by atoms with Crippen LogP contribution in [0.1, 0.15) is 335 Å². The number of carbonyl (C=O) groups excluding carboxylic acids is 3. The Bertz CT molecular complexity index is 1310. The summed E-state index contributed by atoms with van der Waals surface area (Å²) in [6.07, 6.45) is 69.9. The van der Waals surface area contributed by atoms with Crippen LogP contribution in [0.5, 0.6) is 0 Å². The number of carbonyl (C=O) groups is 3. The lowest BCUT2D eigenvalue weighted by Crippen LogP contribution is -2.44. The summed E-state index contributed by atoms with van der Waals surface area (Å²) in [5, 5.41) is 11.8. The second kappa shape index (κ2) is 59.9. The van der Waals surface area contributed by atoms with E-state index in [1.54, 1.807) is 0 Å². The Hall–Kier alpha value is -2.23. The highest BCUT2D eigenvalue weighted by Gasteiger charge is 2.22. The molecule has 0 rings (SSSR count). The van der Waals surface area contributed by atoms with Crippen LogP contribution in [0.4, 0.5) is 0 Å². The standard InChI is InChI=1S/C68H129NO8/c1-6-8-10-12-14-16-18-20-22-24-25-26-27-28-29-30-31-32-33-34-35-36-37-38-39-40-41-42-43-45-46-48-50-52-54-56-58-65(70)75-62-64(63-76-68(67(72)73)74-61-60-69(3,4)5)77-66(71)59-57-55-53-51-49-47-44-23-21-19-17-15-13-11-9-7-2/h17,19,23,44,64,68H,6-16,18,20-22,24-43,45-63H2,1-5H3/b19-17-,44-23-. The molecule has 0 aromatic heterocycles. The number of allylic oxidation sites excluding steroid dienone is 4. The summed E-state index contributed by atoms with van der Waals surface area (Å²) >= 11 is 0. The SMILES string of the molecule is CCCCCC/C=C\C/C=C\CCCCCCCC(=O)OC(COC(=O)CCCCCCCCCCCCCCCCCCCCCCCCCCCCCCCCCCCCCC)COC(OCC[N+](C)(C)C)C(=O)[O-]. The summed E-state index contributed by atoms with van der Waals surface area (Å²) in [6.45, 7) is 4.77. The van der Waals surface area contributed by atoms with Gasteiger partial charge in [-0.1, -0.05) is 301 Å².